The predicted molar refractivity (Wildman–Crippen MR) is 370 cm³/mol. The molecule has 538 valence electrons. The monoisotopic (exact) mass is 1400 g/mol. The van der Waals surface area contributed by atoms with Crippen LogP contribution in [0, 0.1) is 37.0 Å². The van der Waals surface area contributed by atoms with Crippen molar-refractivity contribution in [3.63, 3.8) is 0 Å². The highest BCUT2D eigenvalue weighted by atomic mass is 28.3. The first-order valence-electron chi connectivity index (χ1n) is 34.1. The smallest absolute Gasteiger partial charge is 0.328 e. The van der Waals surface area contributed by atoms with Gasteiger partial charge in [0.2, 0.25) is 29.5 Å². The molecule has 6 aromatic rings. The summed E-state index contributed by atoms with van der Waals surface area (Å²) in [5.41, 5.74) is 10.9. The number of amides is 7. The fourth-order valence-corrected chi connectivity index (χ4v) is 12.4. The Morgan fingerprint density at radius 3 is 2.25 bits per heavy atom. The largest absolute Gasteiger partial charge is 0.484 e. The Morgan fingerprint density at radius 2 is 1.57 bits per heavy atom. The first-order chi connectivity index (χ1) is 47.7. The Kier molecular flexibility index (Phi) is 25.9. The molecule has 2 aromatic carbocycles. The van der Waals surface area contributed by atoms with Gasteiger partial charge in [-0.2, -0.15) is 10.2 Å². The van der Waals surface area contributed by atoms with Crippen LogP contribution < -0.4 is 41.8 Å². The number of benzene rings is 2. The Morgan fingerprint density at radius 1 is 0.830 bits per heavy atom. The van der Waals surface area contributed by atoms with Gasteiger partial charge in [0.15, 0.2) is 6.61 Å². The van der Waals surface area contributed by atoms with E-state index in [1.807, 2.05) is 63.6 Å². The molecule has 0 spiro atoms. The van der Waals surface area contributed by atoms with Crippen LogP contribution in [0.25, 0.3) is 11.1 Å². The first-order valence-corrected chi connectivity index (χ1v) is 37.8. The number of carbonyl (C=O) groups is 8. The summed E-state index contributed by atoms with van der Waals surface area (Å²) >= 11 is 0. The van der Waals surface area contributed by atoms with Crippen LogP contribution in [-0.4, -0.2) is 177 Å². The van der Waals surface area contributed by atoms with Gasteiger partial charge in [-0.15, -0.1) is 5.10 Å². The molecule has 3 fully saturated rings. The van der Waals surface area contributed by atoms with Gasteiger partial charge in [0, 0.05) is 88.8 Å². The number of anilines is 1. The minimum atomic E-state index is -1.22. The average Bonchev–Trinajstić information content (AvgIpc) is 1.63. The minimum Gasteiger partial charge on any atom is -0.484 e. The fraction of sp³-hybridized carbons (Fsp3) is 0.529. The van der Waals surface area contributed by atoms with Crippen molar-refractivity contribution in [1.29, 1.82) is 0 Å². The zero-order chi connectivity index (χ0) is 71.7. The van der Waals surface area contributed by atoms with E-state index in [0.29, 0.717) is 79.6 Å². The van der Waals surface area contributed by atoms with E-state index in [1.165, 1.54) is 35.0 Å². The van der Waals surface area contributed by atoms with E-state index in [4.69, 9.17) is 39.3 Å². The Labute approximate surface area is 583 Å². The lowest BCUT2D eigenvalue weighted by Crippen LogP contribution is -2.56. The molecule has 5 heterocycles. The van der Waals surface area contributed by atoms with Crippen LogP contribution in [0.3, 0.4) is 0 Å². The Hall–Kier alpha value is -9.39. The molecule has 1 unspecified atom stereocenters. The number of methoxy groups -OCH3 is 1. The summed E-state index contributed by atoms with van der Waals surface area (Å²) in [5, 5.41) is 31.8. The number of aromatic nitrogens is 8. The number of hydrogen-bond donors (Lipinski definition) is 6. The first kappa shape index (κ1) is 74.8. The third-order valence-corrected chi connectivity index (χ3v) is 19.1. The highest BCUT2D eigenvalue weighted by molar-refractivity contribution is 6.76. The number of primary amides is 1. The quantitative estimate of drug-likeness (QED) is 0.0144. The molecule has 1 aliphatic heterocycles. The second-order valence-corrected chi connectivity index (χ2v) is 33.9. The van der Waals surface area contributed by atoms with Crippen molar-refractivity contribution in [2.45, 2.75) is 162 Å². The number of carbonyl (C=O) groups excluding carboxylic acids is 8. The zero-order valence-corrected chi connectivity index (χ0v) is 59.6. The lowest BCUT2D eigenvalue weighted by atomic mass is 9.88. The Bertz CT molecular complexity index is 3780. The molecule has 9 rings (SSSR count). The molecule has 4 aromatic heterocycles. The predicted octanol–water partition coefficient (Wildman–Crippen LogP) is 6.12. The van der Waals surface area contributed by atoms with Crippen molar-refractivity contribution in [3.05, 3.63) is 114 Å². The number of nitrogens with two attached hydrogens (primary N) is 1. The van der Waals surface area contributed by atoms with Crippen molar-refractivity contribution in [3.8, 4) is 28.5 Å². The number of nitrogens with one attached hydrogen (secondary N) is 5. The molecule has 7 N–H and O–H groups in total. The van der Waals surface area contributed by atoms with Crippen LogP contribution in [0.4, 0.5) is 5.69 Å². The SMILES string of the molecule is COC(=O)[C@H](CCC(C)(C)C)NC(=O)c1ccc(Oc2cccc(OCC(=O)NC(COC3CN(C(=O)COCc4cn(CC(=O)NCCCn5nccc5C(=O)N[C@H](C(=O)Nc5ccc(-c6c(C)nn(COCC[Si](C)(C)C)c6C)cc5)C(C5CC5)C5CC5)nn4)C3)CC(N)=O)c2)nc1. The van der Waals surface area contributed by atoms with E-state index in [9.17, 15) is 38.4 Å². The fourth-order valence-electron chi connectivity index (χ4n) is 11.7. The van der Waals surface area contributed by atoms with E-state index in [0.717, 1.165) is 54.2 Å². The van der Waals surface area contributed by atoms with Gasteiger partial charge in [0.1, 0.15) is 54.9 Å². The number of pyridine rings is 1. The molecule has 3 atom stereocenters. The number of hydrogen-bond acceptors (Lipinski definition) is 19. The third kappa shape index (κ3) is 22.8. The second-order valence-electron chi connectivity index (χ2n) is 28.3. The standard InChI is InChI=1S/C70H95N15O14Si/c1-44-63(45(2)85(80-44)43-95-30-31-100(7,8)9)46-18-21-50(22-19-46)76-68(92)65(64(47-14-15-47)48-16-17-48)78-67(91)57-25-28-74-84(57)29-11-27-72-59(87)38-83-35-52(79-81-83)39-96-42-62(89)82-36-55(37-82)97-40-51(32-58(71)86)75-60(88)41-98-53-12-10-13-54(33-53)99-61-23-20-49(34-73-61)66(90)77-56(69(93)94-6)24-26-70(3,4)5/h10,12-13,18-23,25,28,33-35,47-48,51,55-56,64-65H,11,14-17,24,26-27,29-32,36-43H2,1-9H3,(H2,71,86)(H,72,87)(H,75,88)(H,76,92)(H,77,90)(H,78,91)/t51?,56-,65-/m0/s1. The van der Waals surface area contributed by atoms with Gasteiger partial charge in [0.05, 0.1) is 49.9 Å². The van der Waals surface area contributed by atoms with E-state index in [1.54, 1.807) is 47.4 Å². The van der Waals surface area contributed by atoms with E-state index >= 15 is 0 Å². The average molecular weight is 1400 g/mol. The van der Waals surface area contributed by atoms with E-state index < -0.39 is 62.4 Å². The normalized spacial score (nSPS) is 14.9. The van der Waals surface area contributed by atoms with Gasteiger partial charge in [-0.1, -0.05) is 63.8 Å². The molecule has 100 heavy (non-hydrogen) atoms. The lowest BCUT2D eigenvalue weighted by molar-refractivity contribution is -0.151. The molecule has 2 saturated carbocycles. The van der Waals surface area contributed by atoms with Gasteiger partial charge in [-0.25, -0.2) is 19.1 Å². The van der Waals surface area contributed by atoms with Crippen molar-refractivity contribution in [2.75, 3.05) is 58.5 Å². The van der Waals surface area contributed by atoms with Crippen molar-refractivity contribution in [2.24, 2.45) is 28.9 Å². The van der Waals surface area contributed by atoms with Gasteiger partial charge < -0.3 is 65.6 Å². The summed E-state index contributed by atoms with van der Waals surface area (Å²) in [7, 11) is 0.0565. The number of rotatable bonds is 39. The van der Waals surface area contributed by atoms with Crippen LogP contribution in [0.1, 0.15) is 110 Å². The van der Waals surface area contributed by atoms with E-state index in [2.05, 4.69) is 66.6 Å². The molecule has 3 aliphatic rings. The molecule has 0 radical (unpaired) electrons. The minimum absolute atomic E-state index is 0.0146. The second kappa shape index (κ2) is 34.6. The van der Waals surface area contributed by atoms with Crippen molar-refractivity contribution >= 4 is 61.1 Å². The number of ether oxygens (including phenoxy) is 6. The Balaban J connectivity index is 0.644. The van der Waals surface area contributed by atoms with Gasteiger partial charge in [0.25, 0.3) is 17.7 Å². The molecule has 2 aliphatic carbocycles. The van der Waals surface area contributed by atoms with E-state index in [-0.39, 0.29) is 99.0 Å². The maximum Gasteiger partial charge on any atom is 0.328 e. The van der Waals surface area contributed by atoms with Gasteiger partial charge >= 0.3 is 5.97 Å². The summed E-state index contributed by atoms with van der Waals surface area (Å²) in [6.45, 7) is 18.4. The highest BCUT2D eigenvalue weighted by Gasteiger charge is 2.48. The maximum atomic E-state index is 14.3. The van der Waals surface area contributed by atoms with Crippen LogP contribution in [0.5, 0.6) is 17.4 Å². The number of likely N-dealkylation sites (tertiary alicyclic amines) is 1. The maximum absolute atomic E-state index is 14.3. The number of aryl methyl sites for hydroxylation is 2. The van der Waals surface area contributed by atoms with Gasteiger partial charge in [-0.3, -0.25) is 38.2 Å². The topological polar surface area (TPSA) is 361 Å². The molecular weight excluding hydrogens is 1300 g/mol. The number of esters is 1. The lowest BCUT2D eigenvalue weighted by Gasteiger charge is -2.39. The molecule has 1 saturated heterocycles. The number of nitrogens with zero attached hydrogens (tertiary/aromatic N) is 9. The summed E-state index contributed by atoms with van der Waals surface area (Å²) in [4.78, 5) is 110. The van der Waals surface area contributed by atoms with Crippen molar-refractivity contribution in [1.82, 2.24) is 65.7 Å². The molecule has 30 heteroatoms. The molecule has 29 nitrogen and oxygen atoms in total. The van der Waals surface area contributed by atoms with Crippen LogP contribution in [0.2, 0.25) is 25.7 Å². The van der Waals surface area contributed by atoms with Crippen LogP contribution >= 0.6 is 0 Å². The summed E-state index contributed by atoms with van der Waals surface area (Å²) in [5.74, 6) is -1.98. The van der Waals surface area contributed by atoms with Crippen LogP contribution in [0.15, 0.2) is 85.3 Å². The zero-order valence-electron chi connectivity index (χ0n) is 58.6. The highest BCUT2D eigenvalue weighted by Crippen LogP contribution is 2.51. The van der Waals surface area contributed by atoms with Gasteiger partial charge in [-0.05, 0) is 130 Å². The molecule has 0 bridgehead atoms. The third-order valence-electron chi connectivity index (χ3n) is 17.4. The summed E-state index contributed by atoms with van der Waals surface area (Å²) in [6, 6.07) is 17.6. The van der Waals surface area contributed by atoms with Crippen LogP contribution in [-0.2, 0) is 74.1 Å². The summed E-state index contributed by atoms with van der Waals surface area (Å²) in [6.07, 6.45) is 9.46. The molecule has 7 amide bonds. The molecular formula is C70H95N15O14Si. The summed E-state index contributed by atoms with van der Waals surface area (Å²) < 4.78 is 38.9. The van der Waals surface area contributed by atoms with Crippen molar-refractivity contribution < 1.29 is 66.8 Å².